The lowest BCUT2D eigenvalue weighted by atomic mass is 9.45. The first-order valence-electron chi connectivity index (χ1n) is 12.6. The highest BCUT2D eigenvalue weighted by atomic mass is 16.4. The highest BCUT2D eigenvalue weighted by Crippen LogP contribution is 2.66. The molecule has 1 heterocycles. The summed E-state index contributed by atoms with van der Waals surface area (Å²) < 4.78 is 0. The Bertz CT molecular complexity index is 684. The van der Waals surface area contributed by atoms with Gasteiger partial charge >= 0.3 is 5.97 Å². The van der Waals surface area contributed by atoms with Crippen molar-refractivity contribution < 1.29 is 19.8 Å². The summed E-state index contributed by atoms with van der Waals surface area (Å²) in [6.45, 7) is 6.92. The molecule has 1 saturated heterocycles. The molecule has 0 bridgehead atoms. The Morgan fingerprint density at radius 2 is 1.84 bits per heavy atom. The average Bonchev–Trinajstić information content (AvgIpc) is 3.06. The summed E-state index contributed by atoms with van der Waals surface area (Å²) in [6.07, 6.45) is 10.5. The molecule has 3 aliphatic carbocycles. The third-order valence-electron chi connectivity index (χ3n) is 10.2. The number of hydrogen-bond acceptors (Lipinski definition) is 4. The van der Waals surface area contributed by atoms with Gasteiger partial charge in [0, 0.05) is 6.42 Å². The van der Waals surface area contributed by atoms with Crippen molar-refractivity contribution in [3.63, 3.8) is 0 Å². The predicted octanol–water partition coefficient (Wildman–Crippen LogP) is 3.19. The Balaban J connectivity index is 1.34. The number of hydrogen-bond donors (Lipinski definition) is 4. The summed E-state index contributed by atoms with van der Waals surface area (Å²) >= 11 is 0. The first-order chi connectivity index (χ1) is 14.8. The number of carbonyl (C=O) groups is 2. The monoisotopic (exact) mass is 434 g/mol. The fourth-order valence-corrected chi connectivity index (χ4v) is 8.38. The lowest BCUT2D eigenvalue weighted by Crippen LogP contribution is -2.60. The second kappa shape index (κ2) is 9.01. The third kappa shape index (κ3) is 4.27. The SMILES string of the molecule is CC12CCC3C(C(O)CC4CNCCC43C)C1CCC2CCCCC(=O)NCC(=O)O. The molecule has 1 aliphatic heterocycles. The van der Waals surface area contributed by atoms with Crippen molar-refractivity contribution in [2.24, 2.45) is 40.4 Å². The van der Waals surface area contributed by atoms with Gasteiger partial charge in [-0.15, -0.1) is 0 Å². The van der Waals surface area contributed by atoms with Crippen molar-refractivity contribution in [2.75, 3.05) is 19.6 Å². The van der Waals surface area contributed by atoms with Crippen LogP contribution >= 0.6 is 0 Å². The van der Waals surface area contributed by atoms with E-state index in [1.165, 1.54) is 32.1 Å². The number of aliphatic carboxylic acids is 1. The van der Waals surface area contributed by atoms with Crippen molar-refractivity contribution in [3.05, 3.63) is 0 Å². The van der Waals surface area contributed by atoms with E-state index in [1.54, 1.807) is 0 Å². The topological polar surface area (TPSA) is 98.7 Å². The zero-order chi connectivity index (χ0) is 22.2. The van der Waals surface area contributed by atoms with Crippen molar-refractivity contribution in [3.8, 4) is 0 Å². The van der Waals surface area contributed by atoms with Gasteiger partial charge in [0.2, 0.25) is 5.91 Å². The summed E-state index contributed by atoms with van der Waals surface area (Å²) in [7, 11) is 0. The van der Waals surface area contributed by atoms with E-state index in [0.29, 0.717) is 46.8 Å². The van der Waals surface area contributed by atoms with Gasteiger partial charge in [0.25, 0.3) is 0 Å². The number of aliphatic hydroxyl groups is 1. The van der Waals surface area contributed by atoms with Crippen LogP contribution in [0.2, 0.25) is 0 Å². The van der Waals surface area contributed by atoms with E-state index in [2.05, 4.69) is 24.5 Å². The van der Waals surface area contributed by atoms with E-state index in [-0.39, 0.29) is 18.6 Å². The molecule has 4 aliphatic rings. The molecule has 0 aromatic heterocycles. The first kappa shape index (κ1) is 23.0. The van der Waals surface area contributed by atoms with E-state index in [9.17, 15) is 14.7 Å². The van der Waals surface area contributed by atoms with Crippen LogP contribution in [-0.2, 0) is 9.59 Å². The van der Waals surface area contributed by atoms with E-state index >= 15 is 0 Å². The van der Waals surface area contributed by atoms with Crippen LogP contribution in [0.1, 0.15) is 78.1 Å². The number of amides is 1. The molecule has 6 heteroatoms. The normalized spacial score (nSPS) is 44.1. The lowest BCUT2D eigenvalue weighted by molar-refractivity contribution is -0.159. The van der Waals surface area contributed by atoms with Gasteiger partial charge in [0.1, 0.15) is 6.54 Å². The Hall–Kier alpha value is -1.14. The molecule has 0 spiro atoms. The number of aliphatic hydroxyl groups excluding tert-OH is 1. The summed E-state index contributed by atoms with van der Waals surface area (Å²) in [6, 6.07) is 0. The number of rotatable bonds is 7. The largest absolute Gasteiger partial charge is 0.480 e. The Morgan fingerprint density at radius 3 is 2.61 bits per heavy atom. The van der Waals surface area contributed by atoms with E-state index < -0.39 is 5.97 Å². The van der Waals surface area contributed by atoms with Gasteiger partial charge in [-0.25, -0.2) is 0 Å². The third-order valence-corrected chi connectivity index (χ3v) is 10.2. The van der Waals surface area contributed by atoms with Crippen molar-refractivity contribution in [2.45, 2.75) is 84.2 Å². The molecule has 176 valence electrons. The molecule has 4 rings (SSSR count). The predicted molar refractivity (Wildman–Crippen MR) is 119 cm³/mol. The summed E-state index contributed by atoms with van der Waals surface area (Å²) in [5.74, 6) is 1.91. The van der Waals surface area contributed by atoms with E-state index in [0.717, 1.165) is 38.8 Å². The van der Waals surface area contributed by atoms with Gasteiger partial charge in [-0.05, 0) is 105 Å². The van der Waals surface area contributed by atoms with Crippen molar-refractivity contribution in [1.29, 1.82) is 0 Å². The molecule has 4 N–H and O–H groups in total. The molecular weight excluding hydrogens is 392 g/mol. The second-order valence-electron chi connectivity index (χ2n) is 11.5. The fourth-order valence-electron chi connectivity index (χ4n) is 8.38. The van der Waals surface area contributed by atoms with Crippen molar-refractivity contribution >= 4 is 11.9 Å². The maximum absolute atomic E-state index is 11.8. The number of carboxylic acids is 1. The summed E-state index contributed by atoms with van der Waals surface area (Å²) in [5.41, 5.74) is 0.710. The Labute approximate surface area is 186 Å². The van der Waals surface area contributed by atoms with Crippen LogP contribution in [0.4, 0.5) is 0 Å². The van der Waals surface area contributed by atoms with Crippen LogP contribution in [0.15, 0.2) is 0 Å². The molecule has 0 radical (unpaired) electrons. The lowest BCUT2D eigenvalue weighted by Gasteiger charge is -2.62. The molecular formula is C25H42N2O4. The maximum atomic E-state index is 11.8. The number of nitrogens with one attached hydrogen (secondary N) is 2. The molecule has 8 unspecified atom stereocenters. The zero-order valence-electron chi connectivity index (χ0n) is 19.4. The minimum atomic E-state index is -0.997. The molecule has 0 aromatic carbocycles. The van der Waals surface area contributed by atoms with Crippen molar-refractivity contribution in [1.82, 2.24) is 10.6 Å². The highest BCUT2D eigenvalue weighted by Gasteiger charge is 2.61. The fraction of sp³-hybridized carbons (Fsp3) is 0.920. The number of carboxylic acid groups (broad SMARTS) is 1. The average molecular weight is 435 g/mol. The maximum Gasteiger partial charge on any atom is 0.322 e. The highest BCUT2D eigenvalue weighted by molar-refractivity contribution is 5.80. The Morgan fingerprint density at radius 1 is 1.06 bits per heavy atom. The summed E-state index contributed by atoms with van der Waals surface area (Å²) in [4.78, 5) is 22.3. The quantitative estimate of drug-likeness (QED) is 0.461. The minimum Gasteiger partial charge on any atom is -0.480 e. The van der Waals surface area contributed by atoms with E-state index in [4.69, 9.17) is 5.11 Å². The van der Waals surface area contributed by atoms with Gasteiger partial charge in [0.05, 0.1) is 6.10 Å². The molecule has 8 atom stereocenters. The number of carbonyl (C=O) groups excluding carboxylic acids is 1. The summed E-state index contributed by atoms with van der Waals surface area (Å²) in [5, 5.41) is 25.9. The Kier molecular flexibility index (Phi) is 6.69. The van der Waals surface area contributed by atoms with Gasteiger partial charge in [-0.2, -0.15) is 0 Å². The standard InChI is InChI=1S/C25H42N2O4/c1-24-10-9-19-23(20(28)13-17-14-26-12-11-25(17,19)2)18(24)8-7-16(24)5-3-4-6-21(29)27-15-22(30)31/h16-20,23,26,28H,3-15H2,1-2H3,(H,27,29)(H,30,31). The first-order valence-corrected chi connectivity index (χ1v) is 12.6. The molecule has 0 aromatic rings. The van der Waals surface area contributed by atoms with Crippen LogP contribution < -0.4 is 10.6 Å². The van der Waals surface area contributed by atoms with Gasteiger partial charge in [-0.3, -0.25) is 9.59 Å². The van der Waals surface area contributed by atoms with Crippen LogP contribution in [0.5, 0.6) is 0 Å². The zero-order valence-corrected chi connectivity index (χ0v) is 19.4. The molecule has 31 heavy (non-hydrogen) atoms. The van der Waals surface area contributed by atoms with E-state index in [1.807, 2.05) is 0 Å². The van der Waals surface area contributed by atoms with Crippen LogP contribution in [0.3, 0.4) is 0 Å². The number of unbranched alkanes of at least 4 members (excludes halogenated alkanes) is 1. The number of fused-ring (bicyclic) bond motifs is 5. The van der Waals surface area contributed by atoms with Crippen LogP contribution in [0.25, 0.3) is 0 Å². The molecule has 3 saturated carbocycles. The molecule has 4 fully saturated rings. The molecule has 1 amide bonds. The van der Waals surface area contributed by atoms with Gasteiger partial charge in [-0.1, -0.05) is 20.3 Å². The number of piperidine rings is 1. The second-order valence-corrected chi connectivity index (χ2v) is 11.5. The van der Waals surface area contributed by atoms with Gasteiger partial charge in [0.15, 0.2) is 0 Å². The smallest absolute Gasteiger partial charge is 0.322 e. The van der Waals surface area contributed by atoms with Crippen LogP contribution in [0, 0.1) is 40.4 Å². The van der Waals surface area contributed by atoms with Crippen LogP contribution in [-0.4, -0.2) is 47.8 Å². The molecule has 6 nitrogen and oxygen atoms in total. The van der Waals surface area contributed by atoms with Gasteiger partial charge < -0.3 is 20.8 Å². The minimum absolute atomic E-state index is 0.149.